The zero-order chi connectivity index (χ0) is 19.1. The van der Waals surface area contributed by atoms with Gasteiger partial charge in [-0.15, -0.1) is 0 Å². The number of benzene rings is 2. The van der Waals surface area contributed by atoms with E-state index in [1.165, 1.54) is 6.26 Å². The van der Waals surface area contributed by atoms with Crippen LogP contribution in [0, 0.1) is 0 Å². The molecule has 1 aromatic heterocycles. The van der Waals surface area contributed by atoms with Gasteiger partial charge in [0, 0.05) is 10.6 Å². The van der Waals surface area contributed by atoms with Crippen LogP contribution >= 0.6 is 11.6 Å². The van der Waals surface area contributed by atoms with Gasteiger partial charge in [-0.2, -0.15) is 0 Å². The molecule has 1 N–H and O–H groups in total. The van der Waals surface area contributed by atoms with Crippen molar-refractivity contribution < 1.29 is 18.7 Å². The van der Waals surface area contributed by atoms with Crippen LogP contribution in [-0.2, 0) is 6.61 Å². The zero-order valence-corrected chi connectivity index (χ0v) is 15.7. The summed E-state index contributed by atoms with van der Waals surface area (Å²) in [5, 5.41) is 3.30. The topological polar surface area (TPSA) is 60.7 Å². The fourth-order valence-corrected chi connectivity index (χ4v) is 2.62. The number of carbonyl (C=O) groups excluding carboxylic acids is 1. The Hall–Kier alpha value is -2.92. The number of carbonyl (C=O) groups is 1. The number of furan rings is 1. The molecular formula is C21H20ClNO4. The van der Waals surface area contributed by atoms with E-state index in [2.05, 4.69) is 5.32 Å². The summed E-state index contributed by atoms with van der Waals surface area (Å²) in [4.78, 5) is 12.7. The second-order valence-corrected chi connectivity index (χ2v) is 6.26. The van der Waals surface area contributed by atoms with Gasteiger partial charge in [0.15, 0.2) is 5.76 Å². The Labute approximate surface area is 162 Å². The molecule has 140 valence electrons. The van der Waals surface area contributed by atoms with E-state index in [0.717, 1.165) is 12.2 Å². The molecule has 0 aliphatic rings. The van der Waals surface area contributed by atoms with E-state index >= 15 is 0 Å². The fraction of sp³-hybridized carbons (Fsp3) is 0.190. The maximum absolute atomic E-state index is 12.7. The zero-order valence-electron chi connectivity index (χ0n) is 14.9. The second kappa shape index (κ2) is 9.14. The highest BCUT2D eigenvalue weighted by molar-refractivity contribution is 6.31. The smallest absolute Gasteiger partial charge is 0.291 e. The minimum absolute atomic E-state index is 0.187. The van der Waals surface area contributed by atoms with Gasteiger partial charge in [0.25, 0.3) is 5.91 Å². The molecule has 0 aliphatic carbocycles. The molecule has 5 nitrogen and oxygen atoms in total. The Balaban J connectivity index is 1.72. The number of ether oxygens (including phenoxy) is 2. The average Bonchev–Trinajstić information content (AvgIpc) is 3.15. The summed E-state index contributed by atoms with van der Waals surface area (Å²) in [6, 6.07) is 16.2. The lowest BCUT2D eigenvalue weighted by atomic mass is 10.2. The van der Waals surface area contributed by atoms with Crippen LogP contribution < -0.4 is 14.8 Å². The Kier molecular flexibility index (Phi) is 6.39. The van der Waals surface area contributed by atoms with E-state index in [1.54, 1.807) is 24.3 Å². The standard InChI is InChI=1S/C21H20ClNO4/c1-2-11-25-19-9-8-16(22)13-18(19)23-21(24)20-15(10-12-26-20)14-27-17-6-4-3-5-7-17/h3-10,12-13H,2,11,14H2,1H3,(H,23,24). The molecule has 3 aromatic rings. The fourth-order valence-electron chi connectivity index (χ4n) is 2.44. The van der Waals surface area contributed by atoms with Crippen molar-refractivity contribution in [3.05, 3.63) is 77.2 Å². The number of nitrogens with one attached hydrogen (secondary N) is 1. The van der Waals surface area contributed by atoms with Gasteiger partial charge in [-0.1, -0.05) is 36.7 Å². The number of hydrogen-bond acceptors (Lipinski definition) is 4. The lowest BCUT2D eigenvalue weighted by Gasteiger charge is -2.12. The Morgan fingerprint density at radius 2 is 1.93 bits per heavy atom. The largest absolute Gasteiger partial charge is 0.491 e. The minimum Gasteiger partial charge on any atom is -0.491 e. The van der Waals surface area contributed by atoms with Crippen LogP contribution in [0.4, 0.5) is 5.69 Å². The van der Waals surface area contributed by atoms with E-state index in [-0.39, 0.29) is 12.4 Å². The summed E-state index contributed by atoms with van der Waals surface area (Å²) in [5.41, 5.74) is 1.14. The first-order valence-corrected chi connectivity index (χ1v) is 9.03. The van der Waals surface area contributed by atoms with Crippen molar-refractivity contribution in [1.82, 2.24) is 0 Å². The Morgan fingerprint density at radius 3 is 2.70 bits per heavy atom. The highest BCUT2D eigenvalue weighted by Gasteiger charge is 2.18. The number of hydrogen-bond donors (Lipinski definition) is 1. The van der Waals surface area contributed by atoms with Crippen molar-refractivity contribution >= 4 is 23.2 Å². The van der Waals surface area contributed by atoms with Gasteiger partial charge < -0.3 is 19.2 Å². The summed E-state index contributed by atoms with van der Waals surface area (Å²) in [7, 11) is 0. The van der Waals surface area contributed by atoms with Crippen LogP contribution in [0.25, 0.3) is 0 Å². The molecule has 0 bridgehead atoms. The maximum atomic E-state index is 12.7. The third-order valence-corrected chi connectivity index (χ3v) is 3.98. The summed E-state index contributed by atoms with van der Waals surface area (Å²) in [6.45, 7) is 2.77. The van der Waals surface area contributed by atoms with Crippen molar-refractivity contribution in [3.63, 3.8) is 0 Å². The molecule has 0 saturated heterocycles. The molecule has 0 saturated carbocycles. The predicted octanol–water partition coefficient (Wildman–Crippen LogP) is 5.55. The molecule has 1 heterocycles. The molecule has 6 heteroatoms. The molecule has 0 atom stereocenters. The highest BCUT2D eigenvalue weighted by Crippen LogP contribution is 2.29. The number of rotatable bonds is 8. The van der Waals surface area contributed by atoms with Crippen LogP contribution in [0.3, 0.4) is 0 Å². The number of anilines is 1. The molecular weight excluding hydrogens is 366 g/mol. The summed E-state index contributed by atoms with van der Waals surface area (Å²) in [5.74, 6) is 1.07. The molecule has 0 radical (unpaired) electrons. The van der Waals surface area contributed by atoms with Gasteiger partial charge >= 0.3 is 0 Å². The third-order valence-electron chi connectivity index (χ3n) is 3.74. The van der Waals surface area contributed by atoms with Crippen molar-refractivity contribution in [2.45, 2.75) is 20.0 Å². The summed E-state index contributed by atoms with van der Waals surface area (Å²) in [6.07, 6.45) is 2.32. The van der Waals surface area contributed by atoms with E-state index in [9.17, 15) is 4.79 Å². The van der Waals surface area contributed by atoms with Gasteiger partial charge in [0.05, 0.1) is 18.6 Å². The monoisotopic (exact) mass is 385 g/mol. The van der Waals surface area contributed by atoms with Crippen molar-refractivity contribution in [2.75, 3.05) is 11.9 Å². The molecule has 0 aliphatic heterocycles. The van der Waals surface area contributed by atoms with Gasteiger partial charge in [0.1, 0.15) is 18.1 Å². The normalized spacial score (nSPS) is 10.4. The molecule has 2 aromatic carbocycles. The first kappa shape index (κ1) is 18.9. The number of amides is 1. The van der Waals surface area contributed by atoms with E-state index in [4.69, 9.17) is 25.5 Å². The van der Waals surface area contributed by atoms with Gasteiger partial charge in [-0.05, 0) is 42.8 Å². The van der Waals surface area contributed by atoms with Gasteiger partial charge in [-0.25, -0.2) is 0 Å². The molecule has 3 rings (SSSR count). The Morgan fingerprint density at radius 1 is 1.11 bits per heavy atom. The average molecular weight is 386 g/mol. The van der Waals surface area contributed by atoms with E-state index < -0.39 is 5.91 Å². The molecule has 0 fully saturated rings. The summed E-state index contributed by atoms with van der Waals surface area (Å²) >= 11 is 6.06. The van der Waals surface area contributed by atoms with E-state index in [0.29, 0.717) is 28.6 Å². The third kappa shape index (κ3) is 5.05. The van der Waals surface area contributed by atoms with Crippen LogP contribution in [0.15, 0.2) is 65.3 Å². The van der Waals surface area contributed by atoms with E-state index in [1.807, 2.05) is 37.3 Å². The van der Waals surface area contributed by atoms with Crippen LogP contribution in [0.2, 0.25) is 5.02 Å². The van der Waals surface area contributed by atoms with Crippen LogP contribution in [0.1, 0.15) is 29.5 Å². The van der Waals surface area contributed by atoms with Gasteiger partial charge in [0.2, 0.25) is 0 Å². The molecule has 0 unspecified atom stereocenters. The second-order valence-electron chi connectivity index (χ2n) is 5.82. The van der Waals surface area contributed by atoms with Crippen molar-refractivity contribution in [3.8, 4) is 11.5 Å². The highest BCUT2D eigenvalue weighted by atomic mass is 35.5. The van der Waals surface area contributed by atoms with Crippen LogP contribution in [-0.4, -0.2) is 12.5 Å². The first-order valence-electron chi connectivity index (χ1n) is 8.65. The van der Waals surface area contributed by atoms with Crippen molar-refractivity contribution in [1.29, 1.82) is 0 Å². The van der Waals surface area contributed by atoms with Crippen molar-refractivity contribution in [2.24, 2.45) is 0 Å². The van der Waals surface area contributed by atoms with Gasteiger partial charge in [-0.3, -0.25) is 4.79 Å². The quantitative estimate of drug-likeness (QED) is 0.552. The number of para-hydroxylation sites is 1. The molecule has 27 heavy (non-hydrogen) atoms. The molecule has 1 amide bonds. The minimum atomic E-state index is -0.393. The first-order chi connectivity index (χ1) is 13.2. The number of halogens is 1. The maximum Gasteiger partial charge on any atom is 0.291 e. The summed E-state index contributed by atoms with van der Waals surface area (Å²) < 4.78 is 16.7. The van der Waals surface area contributed by atoms with Crippen LogP contribution in [0.5, 0.6) is 11.5 Å². The lowest BCUT2D eigenvalue weighted by molar-refractivity contribution is 0.0993. The lowest BCUT2D eigenvalue weighted by Crippen LogP contribution is -2.14. The predicted molar refractivity (Wildman–Crippen MR) is 105 cm³/mol. The molecule has 0 spiro atoms. The SMILES string of the molecule is CCCOc1ccc(Cl)cc1NC(=O)c1occc1COc1ccccc1. The Bertz CT molecular complexity index is 892.